The van der Waals surface area contributed by atoms with E-state index in [0.717, 1.165) is 19.4 Å². The van der Waals surface area contributed by atoms with Crippen LogP contribution in [-0.4, -0.2) is 23.8 Å². The molecule has 0 bridgehead atoms. The van der Waals surface area contributed by atoms with Crippen LogP contribution < -0.4 is 5.32 Å². The largest absolute Gasteiger partial charge is 0.392 e. The van der Waals surface area contributed by atoms with Gasteiger partial charge in [-0.05, 0) is 43.2 Å². The summed E-state index contributed by atoms with van der Waals surface area (Å²) >= 11 is 0. The van der Waals surface area contributed by atoms with E-state index in [0.29, 0.717) is 12.0 Å². The molecule has 2 N–H and O–H groups in total. The van der Waals surface area contributed by atoms with E-state index < -0.39 is 0 Å². The summed E-state index contributed by atoms with van der Waals surface area (Å²) in [6.45, 7) is 5.06. The topological polar surface area (TPSA) is 32.3 Å². The molecule has 0 heterocycles. The van der Waals surface area contributed by atoms with Crippen molar-refractivity contribution in [2.45, 2.75) is 57.6 Å². The summed E-state index contributed by atoms with van der Waals surface area (Å²) in [5.41, 5.74) is 2.91. The number of aryl methyl sites for hydroxylation is 1. The van der Waals surface area contributed by atoms with E-state index in [1.807, 2.05) is 0 Å². The Labute approximate surface area is 110 Å². The average Bonchev–Trinajstić information content (AvgIpc) is 2.29. The van der Waals surface area contributed by atoms with Gasteiger partial charge in [-0.25, -0.2) is 0 Å². The van der Waals surface area contributed by atoms with Gasteiger partial charge in [-0.1, -0.05) is 37.6 Å². The Morgan fingerprint density at radius 1 is 1.33 bits per heavy atom. The Hall–Kier alpha value is -0.860. The predicted molar refractivity (Wildman–Crippen MR) is 75.9 cm³/mol. The van der Waals surface area contributed by atoms with E-state index in [4.69, 9.17) is 0 Å². The summed E-state index contributed by atoms with van der Waals surface area (Å²) in [7, 11) is 0. The van der Waals surface area contributed by atoms with Crippen molar-refractivity contribution in [2.75, 3.05) is 6.54 Å². The summed E-state index contributed by atoms with van der Waals surface area (Å²) in [6.07, 6.45) is 4.21. The number of benzene rings is 1. The molecule has 1 fully saturated rings. The summed E-state index contributed by atoms with van der Waals surface area (Å²) in [6, 6.07) is 9.28. The van der Waals surface area contributed by atoms with Crippen LogP contribution in [0.3, 0.4) is 0 Å². The first-order valence-electron chi connectivity index (χ1n) is 7.17. The van der Waals surface area contributed by atoms with Gasteiger partial charge in [0.15, 0.2) is 0 Å². The Morgan fingerprint density at radius 2 is 2.06 bits per heavy atom. The molecule has 1 unspecified atom stereocenters. The van der Waals surface area contributed by atoms with Crippen LogP contribution in [-0.2, 0) is 0 Å². The molecule has 1 aliphatic carbocycles. The molecule has 0 radical (unpaired) electrons. The molecule has 2 heteroatoms. The highest BCUT2D eigenvalue weighted by atomic mass is 16.3. The number of hydrogen-bond acceptors (Lipinski definition) is 2. The Kier molecular flexibility index (Phi) is 4.79. The molecule has 100 valence electrons. The second kappa shape index (κ2) is 6.35. The Bertz CT molecular complexity index is 371. The lowest BCUT2D eigenvalue weighted by Crippen LogP contribution is -2.43. The number of rotatable bonds is 6. The van der Waals surface area contributed by atoms with E-state index >= 15 is 0 Å². The van der Waals surface area contributed by atoms with E-state index in [-0.39, 0.29) is 6.10 Å². The number of nitrogens with one attached hydrogen (secondary N) is 1. The quantitative estimate of drug-likeness (QED) is 0.810. The molecule has 0 aliphatic heterocycles. The van der Waals surface area contributed by atoms with E-state index in [1.165, 1.54) is 24.0 Å². The second-order valence-corrected chi connectivity index (χ2v) is 5.57. The van der Waals surface area contributed by atoms with E-state index in [2.05, 4.69) is 43.4 Å². The molecule has 1 saturated carbocycles. The normalized spacial score (nSPS) is 24.6. The van der Waals surface area contributed by atoms with Crippen LogP contribution in [0.15, 0.2) is 24.3 Å². The number of aliphatic hydroxyl groups is 1. The van der Waals surface area contributed by atoms with Gasteiger partial charge in [0.05, 0.1) is 6.10 Å². The first-order chi connectivity index (χ1) is 8.70. The highest BCUT2D eigenvalue weighted by Gasteiger charge is 2.30. The van der Waals surface area contributed by atoms with Gasteiger partial charge < -0.3 is 10.4 Å². The molecule has 2 nitrogen and oxygen atoms in total. The van der Waals surface area contributed by atoms with Crippen molar-refractivity contribution >= 4 is 0 Å². The zero-order valence-corrected chi connectivity index (χ0v) is 11.5. The third kappa shape index (κ3) is 3.33. The first-order valence-corrected chi connectivity index (χ1v) is 7.17. The smallest absolute Gasteiger partial charge is 0.0664 e. The minimum Gasteiger partial charge on any atom is -0.392 e. The number of hydrogen-bond donors (Lipinski definition) is 2. The SMILES string of the molecule is CCCC(O)CNC1CC(c2ccccc2C)C1. The summed E-state index contributed by atoms with van der Waals surface area (Å²) in [4.78, 5) is 0. The maximum Gasteiger partial charge on any atom is 0.0664 e. The lowest BCUT2D eigenvalue weighted by Gasteiger charge is -2.37. The first kappa shape index (κ1) is 13.6. The molecule has 0 amide bonds. The van der Waals surface area contributed by atoms with Crippen molar-refractivity contribution < 1.29 is 5.11 Å². The third-order valence-electron chi connectivity index (χ3n) is 4.03. The minimum absolute atomic E-state index is 0.174. The molecular formula is C16H25NO. The van der Waals surface area contributed by atoms with Crippen molar-refractivity contribution in [1.29, 1.82) is 0 Å². The van der Waals surface area contributed by atoms with Gasteiger partial charge in [0.1, 0.15) is 0 Å². The van der Waals surface area contributed by atoms with Crippen LogP contribution in [0.25, 0.3) is 0 Å². The molecule has 1 atom stereocenters. The van der Waals surface area contributed by atoms with Gasteiger partial charge in [-0.15, -0.1) is 0 Å². The molecule has 0 saturated heterocycles. The van der Waals surface area contributed by atoms with Crippen molar-refractivity contribution in [3.63, 3.8) is 0 Å². The van der Waals surface area contributed by atoms with Crippen molar-refractivity contribution in [3.8, 4) is 0 Å². The highest BCUT2D eigenvalue weighted by molar-refractivity contribution is 5.31. The van der Waals surface area contributed by atoms with E-state index in [1.54, 1.807) is 0 Å². The molecule has 1 aliphatic rings. The fourth-order valence-electron chi connectivity index (χ4n) is 2.82. The summed E-state index contributed by atoms with van der Waals surface area (Å²) in [5.74, 6) is 0.715. The van der Waals surface area contributed by atoms with Crippen LogP contribution in [0.1, 0.15) is 49.7 Å². The Balaban J connectivity index is 1.73. The molecule has 2 rings (SSSR count). The van der Waals surface area contributed by atoms with Crippen molar-refractivity contribution in [3.05, 3.63) is 35.4 Å². The van der Waals surface area contributed by atoms with Gasteiger partial charge in [0.25, 0.3) is 0 Å². The molecule has 0 aromatic heterocycles. The van der Waals surface area contributed by atoms with Gasteiger partial charge in [0.2, 0.25) is 0 Å². The molecule has 18 heavy (non-hydrogen) atoms. The van der Waals surface area contributed by atoms with Gasteiger partial charge in [0, 0.05) is 12.6 Å². The maximum absolute atomic E-state index is 9.68. The molecule has 1 aromatic rings. The van der Waals surface area contributed by atoms with Crippen molar-refractivity contribution in [1.82, 2.24) is 5.32 Å². The lowest BCUT2D eigenvalue weighted by atomic mass is 9.74. The predicted octanol–water partition coefficient (Wildman–Crippen LogP) is 2.99. The second-order valence-electron chi connectivity index (χ2n) is 5.57. The minimum atomic E-state index is -0.174. The van der Waals surface area contributed by atoms with Gasteiger partial charge in [-0.3, -0.25) is 0 Å². The van der Waals surface area contributed by atoms with Crippen LogP contribution in [0.4, 0.5) is 0 Å². The molecular weight excluding hydrogens is 222 g/mol. The standard InChI is InChI=1S/C16H25NO/c1-3-6-15(18)11-17-14-9-13(10-14)16-8-5-4-7-12(16)2/h4-5,7-8,13-15,17-18H,3,6,9-11H2,1-2H3. The monoisotopic (exact) mass is 247 g/mol. The van der Waals surface area contributed by atoms with Crippen LogP contribution in [0.2, 0.25) is 0 Å². The number of aliphatic hydroxyl groups excluding tert-OH is 1. The highest BCUT2D eigenvalue weighted by Crippen LogP contribution is 2.38. The fourth-order valence-corrected chi connectivity index (χ4v) is 2.82. The lowest BCUT2D eigenvalue weighted by molar-refractivity contribution is 0.145. The van der Waals surface area contributed by atoms with Crippen LogP contribution in [0, 0.1) is 6.92 Å². The van der Waals surface area contributed by atoms with Crippen LogP contribution in [0.5, 0.6) is 0 Å². The molecule has 0 spiro atoms. The van der Waals surface area contributed by atoms with E-state index in [9.17, 15) is 5.11 Å². The Morgan fingerprint density at radius 3 is 2.72 bits per heavy atom. The van der Waals surface area contributed by atoms with Crippen LogP contribution >= 0.6 is 0 Å². The average molecular weight is 247 g/mol. The summed E-state index contributed by atoms with van der Waals surface area (Å²) in [5, 5.41) is 13.2. The zero-order chi connectivity index (χ0) is 13.0. The zero-order valence-electron chi connectivity index (χ0n) is 11.5. The third-order valence-corrected chi connectivity index (χ3v) is 4.03. The van der Waals surface area contributed by atoms with Gasteiger partial charge >= 0.3 is 0 Å². The maximum atomic E-state index is 9.68. The summed E-state index contributed by atoms with van der Waals surface area (Å²) < 4.78 is 0. The van der Waals surface area contributed by atoms with Gasteiger partial charge in [-0.2, -0.15) is 0 Å². The molecule has 1 aromatic carbocycles. The fraction of sp³-hybridized carbons (Fsp3) is 0.625. The van der Waals surface area contributed by atoms with Crippen molar-refractivity contribution in [2.24, 2.45) is 0 Å².